The van der Waals surface area contributed by atoms with E-state index in [0.29, 0.717) is 12.3 Å². The van der Waals surface area contributed by atoms with Gasteiger partial charge in [-0.1, -0.05) is 57.2 Å². The summed E-state index contributed by atoms with van der Waals surface area (Å²) in [4.78, 5) is 16.5. The van der Waals surface area contributed by atoms with Gasteiger partial charge in [0.1, 0.15) is 0 Å². The number of amides is 1. The number of carbonyl (C=O) groups excluding carboxylic acids is 1. The van der Waals surface area contributed by atoms with Gasteiger partial charge in [0, 0.05) is 24.5 Å². The summed E-state index contributed by atoms with van der Waals surface area (Å²) in [6, 6.07) is 10.3. The summed E-state index contributed by atoms with van der Waals surface area (Å²) >= 11 is 1.42. The van der Waals surface area contributed by atoms with Crippen molar-refractivity contribution < 1.29 is 4.79 Å². The Morgan fingerprint density at radius 2 is 1.83 bits per heavy atom. The van der Waals surface area contributed by atoms with Crippen LogP contribution >= 0.6 is 11.8 Å². The standard InChI is InChI=1S/C23H29N5OS/c1-4-7-14-25-20(29)16-30-23-27-26-22(19-12-9-13-24-15-19)28(23)21-17(5-2)10-8-11-18(21)6-3/h8-13,15H,4-7,14,16H2,1-3H3,(H,25,29). The van der Waals surface area contributed by atoms with Gasteiger partial charge in [-0.05, 0) is 42.5 Å². The number of aryl methyl sites for hydroxylation is 2. The van der Waals surface area contributed by atoms with Gasteiger partial charge in [0.15, 0.2) is 11.0 Å². The van der Waals surface area contributed by atoms with Crippen molar-refractivity contribution in [3.63, 3.8) is 0 Å². The van der Waals surface area contributed by atoms with E-state index < -0.39 is 0 Å². The Morgan fingerprint density at radius 3 is 2.47 bits per heavy atom. The molecule has 158 valence electrons. The molecule has 0 aliphatic carbocycles. The second kappa shape index (κ2) is 10.9. The second-order valence-electron chi connectivity index (χ2n) is 7.01. The van der Waals surface area contributed by atoms with Crippen LogP contribution in [0.5, 0.6) is 0 Å². The Kier molecular flexibility index (Phi) is 8.02. The van der Waals surface area contributed by atoms with Gasteiger partial charge < -0.3 is 5.32 Å². The van der Waals surface area contributed by atoms with Gasteiger partial charge in [-0.3, -0.25) is 14.3 Å². The number of pyridine rings is 1. The molecule has 3 aromatic rings. The fourth-order valence-electron chi connectivity index (χ4n) is 3.34. The first-order valence-corrected chi connectivity index (χ1v) is 11.5. The van der Waals surface area contributed by atoms with E-state index in [0.717, 1.165) is 47.9 Å². The quantitative estimate of drug-likeness (QED) is 0.385. The Labute approximate surface area is 182 Å². The first kappa shape index (κ1) is 22.0. The summed E-state index contributed by atoms with van der Waals surface area (Å²) < 4.78 is 2.10. The third kappa shape index (κ3) is 5.08. The van der Waals surface area contributed by atoms with Crippen molar-refractivity contribution in [3.05, 3.63) is 53.9 Å². The lowest BCUT2D eigenvalue weighted by Gasteiger charge is -2.17. The minimum atomic E-state index is 0.0189. The van der Waals surface area contributed by atoms with Crippen LogP contribution in [-0.2, 0) is 17.6 Å². The number of benzene rings is 1. The molecule has 0 radical (unpaired) electrons. The maximum absolute atomic E-state index is 12.3. The molecule has 2 heterocycles. The highest BCUT2D eigenvalue weighted by molar-refractivity contribution is 7.99. The van der Waals surface area contributed by atoms with Gasteiger partial charge in [0.05, 0.1) is 11.4 Å². The topological polar surface area (TPSA) is 72.7 Å². The maximum Gasteiger partial charge on any atom is 0.230 e. The zero-order valence-corrected chi connectivity index (χ0v) is 18.7. The first-order valence-electron chi connectivity index (χ1n) is 10.6. The van der Waals surface area contributed by atoms with Crippen LogP contribution in [0.2, 0.25) is 0 Å². The molecule has 0 aliphatic rings. The number of nitrogens with one attached hydrogen (secondary N) is 1. The van der Waals surface area contributed by atoms with E-state index in [4.69, 9.17) is 0 Å². The molecule has 0 saturated carbocycles. The second-order valence-corrected chi connectivity index (χ2v) is 7.95. The number of rotatable bonds is 10. The molecule has 3 rings (SSSR count). The van der Waals surface area contributed by atoms with Gasteiger partial charge in [0.2, 0.25) is 5.91 Å². The molecular formula is C23H29N5OS. The lowest BCUT2D eigenvalue weighted by molar-refractivity contribution is -0.118. The predicted octanol–water partition coefficient (Wildman–Crippen LogP) is 4.46. The smallest absolute Gasteiger partial charge is 0.230 e. The lowest BCUT2D eigenvalue weighted by atomic mass is 10.0. The van der Waals surface area contributed by atoms with Crippen LogP contribution in [-0.4, -0.2) is 38.0 Å². The van der Waals surface area contributed by atoms with Crippen LogP contribution in [0.3, 0.4) is 0 Å². The van der Waals surface area contributed by atoms with E-state index >= 15 is 0 Å². The van der Waals surface area contributed by atoms with E-state index in [1.165, 1.54) is 22.9 Å². The molecule has 0 fully saturated rings. The summed E-state index contributed by atoms with van der Waals surface area (Å²) in [6.45, 7) is 7.13. The van der Waals surface area contributed by atoms with E-state index in [-0.39, 0.29) is 5.91 Å². The summed E-state index contributed by atoms with van der Waals surface area (Å²) in [5.41, 5.74) is 4.47. The third-order valence-corrected chi connectivity index (χ3v) is 5.86. The number of para-hydroxylation sites is 1. The van der Waals surface area contributed by atoms with Crippen LogP contribution in [0.1, 0.15) is 44.7 Å². The molecule has 0 atom stereocenters. The van der Waals surface area contributed by atoms with Crippen LogP contribution in [0.15, 0.2) is 47.9 Å². The fourth-order valence-corrected chi connectivity index (χ4v) is 4.10. The monoisotopic (exact) mass is 423 g/mol. The lowest BCUT2D eigenvalue weighted by Crippen LogP contribution is -2.26. The Balaban J connectivity index is 2.02. The van der Waals surface area contributed by atoms with E-state index in [2.05, 4.69) is 64.0 Å². The molecular weight excluding hydrogens is 394 g/mol. The molecule has 7 heteroatoms. The molecule has 0 spiro atoms. The summed E-state index contributed by atoms with van der Waals surface area (Å²) in [5.74, 6) is 1.07. The minimum Gasteiger partial charge on any atom is -0.355 e. The summed E-state index contributed by atoms with van der Waals surface area (Å²) in [5, 5.41) is 12.6. The van der Waals surface area contributed by atoms with Crippen molar-refractivity contribution in [1.82, 2.24) is 25.1 Å². The number of nitrogens with zero attached hydrogens (tertiary/aromatic N) is 4. The Morgan fingerprint density at radius 1 is 1.07 bits per heavy atom. The molecule has 1 amide bonds. The average molecular weight is 424 g/mol. The highest BCUT2D eigenvalue weighted by Crippen LogP contribution is 2.32. The van der Waals surface area contributed by atoms with E-state index in [1.54, 1.807) is 12.4 Å². The number of hydrogen-bond acceptors (Lipinski definition) is 5. The molecule has 1 N–H and O–H groups in total. The number of aromatic nitrogens is 4. The zero-order valence-electron chi connectivity index (χ0n) is 17.9. The minimum absolute atomic E-state index is 0.0189. The molecule has 0 saturated heterocycles. The van der Waals surface area contributed by atoms with Crippen molar-refractivity contribution in [3.8, 4) is 17.1 Å². The van der Waals surface area contributed by atoms with Gasteiger partial charge in [-0.15, -0.1) is 10.2 Å². The molecule has 0 aliphatic heterocycles. The third-order valence-electron chi connectivity index (χ3n) is 4.93. The average Bonchev–Trinajstić information content (AvgIpc) is 3.21. The molecule has 30 heavy (non-hydrogen) atoms. The van der Waals surface area contributed by atoms with Gasteiger partial charge in [-0.2, -0.15) is 0 Å². The Hall–Kier alpha value is -2.67. The molecule has 0 bridgehead atoms. The van der Waals surface area contributed by atoms with Crippen LogP contribution in [0.4, 0.5) is 0 Å². The van der Waals surface area contributed by atoms with Crippen LogP contribution in [0, 0.1) is 0 Å². The number of hydrogen-bond donors (Lipinski definition) is 1. The Bertz CT molecular complexity index is 949. The fraction of sp³-hybridized carbons (Fsp3) is 0.391. The van der Waals surface area contributed by atoms with Crippen molar-refractivity contribution in [2.75, 3.05) is 12.3 Å². The highest BCUT2D eigenvalue weighted by atomic mass is 32.2. The number of carbonyl (C=O) groups is 1. The van der Waals surface area contributed by atoms with Crippen molar-refractivity contribution >= 4 is 17.7 Å². The summed E-state index contributed by atoms with van der Waals surface area (Å²) in [7, 11) is 0. The van der Waals surface area contributed by atoms with Crippen molar-refractivity contribution in [2.45, 2.75) is 51.6 Å². The van der Waals surface area contributed by atoms with Crippen molar-refractivity contribution in [2.24, 2.45) is 0 Å². The van der Waals surface area contributed by atoms with Gasteiger partial charge >= 0.3 is 0 Å². The normalized spacial score (nSPS) is 10.9. The van der Waals surface area contributed by atoms with Gasteiger partial charge in [0.25, 0.3) is 0 Å². The molecule has 6 nitrogen and oxygen atoms in total. The number of thioether (sulfide) groups is 1. The van der Waals surface area contributed by atoms with Crippen LogP contribution in [0.25, 0.3) is 17.1 Å². The molecule has 0 unspecified atom stereocenters. The summed E-state index contributed by atoms with van der Waals surface area (Å²) in [6.07, 6.45) is 7.39. The highest BCUT2D eigenvalue weighted by Gasteiger charge is 2.21. The van der Waals surface area contributed by atoms with Gasteiger partial charge in [-0.25, -0.2) is 0 Å². The SMILES string of the molecule is CCCCNC(=O)CSc1nnc(-c2cccnc2)n1-c1c(CC)cccc1CC. The number of unbranched alkanes of at least 4 members (excludes halogenated alkanes) is 1. The first-order chi connectivity index (χ1) is 14.7. The zero-order chi connectivity index (χ0) is 21.3. The van der Waals surface area contributed by atoms with E-state index in [1.807, 2.05) is 12.1 Å². The largest absolute Gasteiger partial charge is 0.355 e. The molecule has 2 aromatic heterocycles. The molecule has 1 aromatic carbocycles. The van der Waals surface area contributed by atoms with E-state index in [9.17, 15) is 4.79 Å². The van der Waals surface area contributed by atoms with Crippen LogP contribution < -0.4 is 5.32 Å². The maximum atomic E-state index is 12.3. The predicted molar refractivity (Wildman–Crippen MR) is 122 cm³/mol. The van der Waals surface area contributed by atoms with Crippen molar-refractivity contribution in [1.29, 1.82) is 0 Å².